The number of carbonyl (C=O) groups excluding carboxylic acids is 2. The molecule has 0 radical (unpaired) electrons. The number of aliphatic carboxylic acids is 1. The average molecular weight is 508 g/mol. The lowest BCUT2D eigenvalue weighted by molar-refractivity contribution is -0.176. The van der Waals surface area contributed by atoms with Crippen LogP contribution >= 0.6 is 0 Å². The molecule has 0 spiro atoms. The first-order valence-corrected chi connectivity index (χ1v) is 12.3. The van der Waals surface area contributed by atoms with Gasteiger partial charge in [0.1, 0.15) is 6.17 Å². The van der Waals surface area contributed by atoms with Crippen LogP contribution in [-0.4, -0.2) is 88.3 Å². The molecule has 0 aliphatic carbocycles. The molecule has 2 aromatic carbocycles. The third-order valence-corrected chi connectivity index (χ3v) is 6.61. The molecule has 4 rings (SSSR count). The van der Waals surface area contributed by atoms with Gasteiger partial charge in [0.05, 0.1) is 38.8 Å². The van der Waals surface area contributed by atoms with Gasteiger partial charge in [-0.25, -0.2) is 14.8 Å². The number of hydrazine groups is 1. The predicted molar refractivity (Wildman–Crippen MR) is 137 cm³/mol. The number of carboxylic acid groups (broad SMARTS) is 1. The zero-order valence-electron chi connectivity index (χ0n) is 21.0. The van der Waals surface area contributed by atoms with Gasteiger partial charge in [-0.1, -0.05) is 67.2 Å². The van der Waals surface area contributed by atoms with Crippen molar-refractivity contribution in [3.63, 3.8) is 0 Å². The Morgan fingerprint density at radius 1 is 1.08 bits per heavy atom. The van der Waals surface area contributed by atoms with Gasteiger partial charge in [-0.05, 0) is 11.1 Å². The van der Waals surface area contributed by atoms with Crippen molar-refractivity contribution in [2.24, 2.45) is 0 Å². The Hall–Kier alpha value is -3.89. The smallest absolute Gasteiger partial charge is 0.334 e. The lowest BCUT2D eigenvalue weighted by Gasteiger charge is -2.55. The van der Waals surface area contributed by atoms with Gasteiger partial charge < -0.3 is 25.0 Å². The van der Waals surface area contributed by atoms with E-state index in [9.17, 15) is 19.5 Å². The number of piperazine rings is 1. The highest BCUT2D eigenvalue weighted by molar-refractivity contribution is 5.84. The molecule has 2 aliphatic heterocycles. The third-order valence-electron chi connectivity index (χ3n) is 6.61. The van der Waals surface area contributed by atoms with E-state index in [0.717, 1.165) is 11.1 Å². The molecular weight excluding hydrogens is 474 g/mol. The molecule has 0 aromatic heterocycles. The number of nitrogens with zero attached hydrogens (tertiary/aromatic N) is 4. The number of fused-ring (bicyclic) bond motifs is 1. The lowest BCUT2D eigenvalue weighted by Crippen LogP contribution is -2.74. The number of ether oxygens (including phenoxy) is 1. The number of hydrogen-bond donors (Lipinski definition) is 2. The SMILES string of the molecule is C=C1[C@H](CC(=O)O)N2C(=O)CN(C)N(C(=O)NCc3ccccc3)[C@H]2CN1CCOCc1ccccc1. The van der Waals surface area contributed by atoms with E-state index in [2.05, 4.69) is 11.9 Å². The van der Waals surface area contributed by atoms with Crippen LogP contribution in [0.2, 0.25) is 0 Å². The van der Waals surface area contributed by atoms with E-state index in [4.69, 9.17) is 4.74 Å². The van der Waals surface area contributed by atoms with Crippen molar-refractivity contribution in [3.05, 3.63) is 84.1 Å². The minimum absolute atomic E-state index is 0.0428. The van der Waals surface area contributed by atoms with Crippen molar-refractivity contribution in [2.75, 3.05) is 33.3 Å². The molecular formula is C27H33N5O5. The van der Waals surface area contributed by atoms with Crippen LogP contribution in [0.15, 0.2) is 72.9 Å². The van der Waals surface area contributed by atoms with Crippen LogP contribution in [-0.2, 0) is 27.5 Å². The molecule has 2 fully saturated rings. The van der Waals surface area contributed by atoms with Gasteiger partial charge in [0.15, 0.2) is 0 Å². The van der Waals surface area contributed by atoms with Crippen LogP contribution in [0.3, 0.4) is 0 Å². The van der Waals surface area contributed by atoms with Crippen LogP contribution in [0.4, 0.5) is 4.79 Å². The highest BCUT2D eigenvalue weighted by Crippen LogP contribution is 2.31. The summed E-state index contributed by atoms with van der Waals surface area (Å²) in [7, 11) is 1.68. The van der Waals surface area contributed by atoms with Crippen molar-refractivity contribution in [1.29, 1.82) is 0 Å². The summed E-state index contributed by atoms with van der Waals surface area (Å²) in [5.41, 5.74) is 2.53. The van der Waals surface area contributed by atoms with Gasteiger partial charge in [0.2, 0.25) is 5.91 Å². The lowest BCUT2D eigenvalue weighted by atomic mass is 10.0. The highest BCUT2D eigenvalue weighted by atomic mass is 16.5. The summed E-state index contributed by atoms with van der Waals surface area (Å²) in [6, 6.07) is 18.2. The summed E-state index contributed by atoms with van der Waals surface area (Å²) < 4.78 is 5.84. The fraction of sp³-hybridized carbons (Fsp3) is 0.370. The quantitative estimate of drug-likeness (QED) is 0.501. The van der Waals surface area contributed by atoms with E-state index in [1.165, 1.54) is 9.91 Å². The minimum Gasteiger partial charge on any atom is -0.481 e. The molecule has 0 bridgehead atoms. The number of benzene rings is 2. The van der Waals surface area contributed by atoms with Gasteiger partial charge in [0, 0.05) is 25.8 Å². The van der Waals surface area contributed by atoms with Crippen LogP contribution in [0, 0.1) is 0 Å². The van der Waals surface area contributed by atoms with Gasteiger partial charge >= 0.3 is 12.0 Å². The van der Waals surface area contributed by atoms with Gasteiger partial charge in [-0.15, -0.1) is 0 Å². The number of carboxylic acids is 1. The third kappa shape index (κ3) is 6.28. The Kier molecular flexibility index (Phi) is 8.42. The van der Waals surface area contributed by atoms with E-state index < -0.39 is 18.2 Å². The normalized spacial score (nSPS) is 20.1. The molecule has 2 aliphatic rings. The first-order chi connectivity index (χ1) is 17.8. The van der Waals surface area contributed by atoms with E-state index >= 15 is 0 Å². The van der Waals surface area contributed by atoms with Gasteiger partial charge in [-0.3, -0.25) is 9.59 Å². The molecule has 0 unspecified atom stereocenters. The van der Waals surface area contributed by atoms with Crippen molar-refractivity contribution < 1.29 is 24.2 Å². The van der Waals surface area contributed by atoms with E-state index in [0.29, 0.717) is 38.5 Å². The Morgan fingerprint density at radius 2 is 1.73 bits per heavy atom. The molecule has 3 amide bonds. The van der Waals surface area contributed by atoms with Gasteiger partial charge in [0.25, 0.3) is 0 Å². The van der Waals surface area contributed by atoms with Gasteiger partial charge in [-0.2, -0.15) is 0 Å². The zero-order valence-corrected chi connectivity index (χ0v) is 21.0. The number of hydrogen-bond acceptors (Lipinski definition) is 6. The van der Waals surface area contributed by atoms with E-state index in [1.54, 1.807) is 12.1 Å². The molecule has 196 valence electrons. The summed E-state index contributed by atoms with van der Waals surface area (Å²) >= 11 is 0. The van der Waals surface area contributed by atoms with E-state index in [-0.39, 0.29) is 24.9 Å². The van der Waals surface area contributed by atoms with Crippen LogP contribution in [0.25, 0.3) is 0 Å². The summed E-state index contributed by atoms with van der Waals surface area (Å²) in [4.78, 5) is 41.6. The second-order valence-electron chi connectivity index (χ2n) is 9.18. The summed E-state index contributed by atoms with van der Waals surface area (Å²) in [5, 5.41) is 15.6. The number of nitrogens with one attached hydrogen (secondary N) is 1. The Morgan fingerprint density at radius 3 is 2.38 bits per heavy atom. The van der Waals surface area contributed by atoms with Crippen LogP contribution in [0.1, 0.15) is 17.5 Å². The molecule has 2 aromatic rings. The fourth-order valence-electron chi connectivity index (χ4n) is 4.80. The molecule has 10 heteroatoms. The molecule has 2 N–H and O–H groups in total. The Labute approximate surface area is 216 Å². The number of amides is 3. The molecule has 2 heterocycles. The number of likely N-dealkylation sites (N-methyl/N-ethyl adjacent to an activating group) is 1. The summed E-state index contributed by atoms with van der Waals surface area (Å²) in [5.74, 6) is -1.29. The van der Waals surface area contributed by atoms with Crippen molar-refractivity contribution in [3.8, 4) is 0 Å². The zero-order chi connectivity index (χ0) is 26.4. The average Bonchev–Trinajstić information content (AvgIpc) is 2.88. The summed E-state index contributed by atoms with van der Waals surface area (Å²) in [6.07, 6.45) is -0.989. The number of rotatable bonds is 9. The first-order valence-electron chi connectivity index (χ1n) is 12.3. The fourth-order valence-corrected chi connectivity index (χ4v) is 4.80. The first kappa shape index (κ1) is 26.2. The Balaban J connectivity index is 1.49. The molecule has 10 nitrogen and oxygen atoms in total. The van der Waals surface area contributed by atoms with E-state index in [1.807, 2.05) is 65.6 Å². The standard InChI is InChI=1S/C27H33N5O5/c1-20-23(15-26(34)35)31-24(17-30(20)13-14-37-19-22-11-7-4-8-12-22)32(29(2)18-25(31)33)27(36)28-16-21-9-5-3-6-10-21/h3-12,23-24H,1,13-19H2,2H3,(H,28,36)(H,34,35)/t23-,24-/m0/s1. The largest absolute Gasteiger partial charge is 0.481 e. The summed E-state index contributed by atoms with van der Waals surface area (Å²) in [6.45, 7) is 5.99. The second-order valence-corrected chi connectivity index (χ2v) is 9.18. The van der Waals surface area contributed by atoms with Crippen LogP contribution in [0.5, 0.6) is 0 Å². The maximum absolute atomic E-state index is 13.3. The molecule has 37 heavy (non-hydrogen) atoms. The molecule has 2 atom stereocenters. The maximum atomic E-state index is 13.3. The number of carbonyl (C=O) groups is 3. The molecule has 2 saturated heterocycles. The number of urea groups is 1. The second kappa shape index (κ2) is 11.9. The Bertz CT molecular complexity index is 1110. The minimum atomic E-state index is -1.04. The van der Waals surface area contributed by atoms with Crippen molar-refractivity contribution >= 4 is 17.9 Å². The monoisotopic (exact) mass is 507 g/mol. The predicted octanol–water partition coefficient (Wildman–Crippen LogP) is 2.10. The van der Waals surface area contributed by atoms with Crippen molar-refractivity contribution in [2.45, 2.75) is 31.8 Å². The van der Waals surface area contributed by atoms with Crippen LogP contribution < -0.4 is 5.32 Å². The maximum Gasteiger partial charge on any atom is 0.334 e. The molecule has 0 saturated carbocycles. The highest BCUT2D eigenvalue weighted by Gasteiger charge is 2.49. The topological polar surface area (TPSA) is 106 Å². The van der Waals surface area contributed by atoms with Crippen molar-refractivity contribution in [1.82, 2.24) is 25.1 Å².